The Labute approximate surface area is 194 Å². The molecule has 0 radical (unpaired) electrons. The molecule has 1 aromatic carbocycles. The number of dihydropyridines is 1. The van der Waals surface area contributed by atoms with E-state index in [9.17, 15) is 19.6 Å². The van der Waals surface area contributed by atoms with Crippen molar-refractivity contribution in [3.05, 3.63) is 57.6 Å². The number of nitrogens with one attached hydrogen (secondary N) is 2. The van der Waals surface area contributed by atoms with E-state index in [-0.39, 0.29) is 16.5 Å². The SMILES string of the molecule is CCNc1ccc([N+](=O)[O-])c(NC(O)C(C)Oc2ccc(OC3N=CC(Cl)=CC3F)cc2)n1. The number of nitrogens with zero attached hydrogens (tertiary/aromatic N) is 3. The number of pyridine rings is 1. The van der Waals surface area contributed by atoms with Gasteiger partial charge in [-0.15, -0.1) is 0 Å². The van der Waals surface area contributed by atoms with Gasteiger partial charge in [0.1, 0.15) is 23.4 Å². The topological polar surface area (TPSA) is 131 Å². The van der Waals surface area contributed by atoms with Gasteiger partial charge in [-0.05, 0) is 50.3 Å². The molecule has 2 aromatic rings. The summed E-state index contributed by atoms with van der Waals surface area (Å²) in [5.41, 5.74) is -0.280. The zero-order valence-corrected chi connectivity index (χ0v) is 18.6. The van der Waals surface area contributed by atoms with Crippen LogP contribution in [-0.2, 0) is 0 Å². The zero-order chi connectivity index (χ0) is 24.0. The number of ether oxygens (including phenoxy) is 2. The first kappa shape index (κ1) is 24.2. The molecule has 0 amide bonds. The van der Waals surface area contributed by atoms with Gasteiger partial charge in [0.15, 0.2) is 12.4 Å². The zero-order valence-electron chi connectivity index (χ0n) is 17.8. The van der Waals surface area contributed by atoms with E-state index in [1.807, 2.05) is 6.92 Å². The molecule has 0 bridgehead atoms. The van der Waals surface area contributed by atoms with Gasteiger partial charge in [-0.1, -0.05) is 11.6 Å². The summed E-state index contributed by atoms with van der Waals surface area (Å²) in [4.78, 5) is 18.7. The molecular formula is C21H23ClFN5O5. The number of alkyl halides is 1. The van der Waals surface area contributed by atoms with Crippen molar-refractivity contribution in [2.24, 2.45) is 4.99 Å². The first-order valence-electron chi connectivity index (χ1n) is 10.1. The van der Waals surface area contributed by atoms with Crippen LogP contribution in [0.5, 0.6) is 11.5 Å². The summed E-state index contributed by atoms with van der Waals surface area (Å²) in [6, 6.07) is 9.07. The summed E-state index contributed by atoms with van der Waals surface area (Å²) >= 11 is 5.71. The van der Waals surface area contributed by atoms with Gasteiger partial charge >= 0.3 is 5.69 Å². The summed E-state index contributed by atoms with van der Waals surface area (Å²) in [6.45, 7) is 4.03. The normalized spacial score (nSPS) is 19.2. The van der Waals surface area contributed by atoms with E-state index >= 15 is 0 Å². The van der Waals surface area contributed by atoms with Gasteiger partial charge in [0.2, 0.25) is 12.0 Å². The average molecular weight is 480 g/mol. The second kappa shape index (κ2) is 10.9. The van der Waals surface area contributed by atoms with Gasteiger partial charge in [0, 0.05) is 18.8 Å². The van der Waals surface area contributed by atoms with Crippen LogP contribution in [0.2, 0.25) is 0 Å². The van der Waals surface area contributed by atoms with Crippen LogP contribution in [0.3, 0.4) is 0 Å². The van der Waals surface area contributed by atoms with Crippen molar-refractivity contribution in [3.63, 3.8) is 0 Å². The number of aromatic nitrogens is 1. The molecule has 0 saturated heterocycles. The first-order valence-corrected chi connectivity index (χ1v) is 10.5. The number of allylic oxidation sites excluding steroid dienone is 1. The largest absolute Gasteiger partial charge is 0.486 e. The van der Waals surface area contributed by atoms with Gasteiger partial charge in [-0.3, -0.25) is 10.1 Å². The molecular weight excluding hydrogens is 457 g/mol. The maximum absolute atomic E-state index is 13.9. The minimum atomic E-state index is -1.47. The van der Waals surface area contributed by atoms with Crippen molar-refractivity contribution < 1.29 is 23.9 Å². The number of anilines is 2. The van der Waals surface area contributed by atoms with Crippen molar-refractivity contribution in [2.45, 2.75) is 38.6 Å². The van der Waals surface area contributed by atoms with Crippen LogP contribution < -0.4 is 20.1 Å². The Balaban J connectivity index is 1.61. The van der Waals surface area contributed by atoms with Gasteiger partial charge in [0.25, 0.3) is 0 Å². The summed E-state index contributed by atoms with van der Waals surface area (Å²) in [5.74, 6) is 1.10. The molecule has 1 aromatic heterocycles. The molecule has 4 unspecified atom stereocenters. The molecule has 2 heterocycles. The number of aliphatic hydroxyl groups is 1. The number of benzene rings is 1. The smallest absolute Gasteiger partial charge is 0.311 e. The van der Waals surface area contributed by atoms with E-state index in [0.29, 0.717) is 23.9 Å². The molecule has 0 saturated carbocycles. The van der Waals surface area contributed by atoms with Crippen molar-refractivity contribution in [1.29, 1.82) is 0 Å². The highest BCUT2D eigenvalue weighted by atomic mass is 35.5. The van der Waals surface area contributed by atoms with E-state index in [0.717, 1.165) is 0 Å². The first-order chi connectivity index (χ1) is 15.8. The predicted molar refractivity (Wildman–Crippen MR) is 123 cm³/mol. The number of rotatable bonds is 10. The number of aliphatic imine (C=N–C) groups is 1. The molecule has 0 spiro atoms. The fourth-order valence-electron chi connectivity index (χ4n) is 2.86. The van der Waals surface area contributed by atoms with Crippen molar-refractivity contribution >= 4 is 35.1 Å². The van der Waals surface area contributed by atoms with Crippen LogP contribution in [0.15, 0.2) is 52.5 Å². The summed E-state index contributed by atoms with van der Waals surface area (Å²) < 4.78 is 25.1. The van der Waals surface area contributed by atoms with Crippen LogP contribution >= 0.6 is 11.6 Å². The third-order valence-corrected chi connectivity index (χ3v) is 4.72. The minimum Gasteiger partial charge on any atom is -0.486 e. The Hall–Kier alpha value is -3.44. The maximum atomic E-state index is 13.9. The molecule has 12 heteroatoms. The highest BCUT2D eigenvalue weighted by Gasteiger charge is 2.24. The Bertz CT molecular complexity index is 1040. The molecule has 1 aliphatic heterocycles. The Morgan fingerprint density at radius 2 is 1.97 bits per heavy atom. The molecule has 0 aliphatic carbocycles. The number of hydrogen-bond acceptors (Lipinski definition) is 9. The highest BCUT2D eigenvalue weighted by Crippen LogP contribution is 2.26. The number of hydrogen-bond donors (Lipinski definition) is 3. The van der Waals surface area contributed by atoms with E-state index in [1.165, 1.54) is 24.4 Å². The Kier molecular flexibility index (Phi) is 8.01. The lowest BCUT2D eigenvalue weighted by atomic mass is 10.2. The lowest BCUT2D eigenvalue weighted by molar-refractivity contribution is -0.384. The minimum absolute atomic E-state index is 0.0897. The molecule has 10 nitrogen and oxygen atoms in total. The predicted octanol–water partition coefficient (Wildman–Crippen LogP) is 3.87. The quantitative estimate of drug-likeness (QED) is 0.266. The lowest BCUT2D eigenvalue weighted by Gasteiger charge is -2.22. The van der Waals surface area contributed by atoms with Crippen LogP contribution in [0, 0.1) is 10.1 Å². The van der Waals surface area contributed by atoms with Gasteiger partial charge in [-0.25, -0.2) is 14.4 Å². The third kappa shape index (κ3) is 6.53. The second-order valence-corrected chi connectivity index (χ2v) is 7.45. The molecule has 3 N–H and O–H groups in total. The Morgan fingerprint density at radius 3 is 2.61 bits per heavy atom. The van der Waals surface area contributed by atoms with Gasteiger partial charge in [0.05, 0.1) is 9.96 Å². The van der Waals surface area contributed by atoms with Crippen molar-refractivity contribution in [1.82, 2.24) is 4.98 Å². The van der Waals surface area contributed by atoms with Gasteiger partial charge in [-0.2, -0.15) is 0 Å². The van der Waals surface area contributed by atoms with Crippen LogP contribution in [0.1, 0.15) is 13.8 Å². The number of nitro groups is 1. The molecule has 4 atom stereocenters. The number of aliphatic hydroxyl groups excluding tert-OH is 1. The third-order valence-electron chi connectivity index (χ3n) is 4.50. The highest BCUT2D eigenvalue weighted by molar-refractivity contribution is 6.39. The summed E-state index contributed by atoms with van der Waals surface area (Å²) in [5, 5.41) is 27.5. The molecule has 3 rings (SSSR count). The fraction of sp³-hybridized carbons (Fsp3) is 0.333. The van der Waals surface area contributed by atoms with Crippen LogP contribution in [0.4, 0.5) is 21.7 Å². The summed E-state index contributed by atoms with van der Waals surface area (Å²) in [6.07, 6.45) is -2.08. The van der Waals surface area contributed by atoms with Crippen LogP contribution in [-0.4, -0.2) is 52.5 Å². The van der Waals surface area contributed by atoms with Gasteiger partial charge < -0.3 is 25.2 Å². The average Bonchev–Trinajstić information content (AvgIpc) is 2.77. The molecule has 1 aliphatic rings. The van der Waals surface area contributed by atoms with E-state index < -0.39 is 29.7 Å². The standard InChI is InChI=1S/C21H23ClFN5O5/c1-3-24-18-9-8-17(28(30)31)19(26-18)27-20(29)12(2)32-14-4-6-15(7-5-14)33-21-16(23)10-13(22)11-25-21/h4-12,16,20-21,29H,3H2,1-2H3,(H2,24,26,27). The van der Waals surface area contributed by atoms with Crippen molar-refractivity contribution in [3.8, 4) is 11.5 Å². The Morgan fingerprint density at radius 1 is 1.27 bits per heavy atom. The van der Waals surface area contributed by atoms with E-state index in [4.69, 9.17) is 21.1 Å². The maximum Gasteiger partial charge on any atom is 0.311 e. The molecule has 33 heavy (non-hydrogen) atoms. The molecule has 176 valence electrons. The van der Waals surface area contributed by atoms with Crippen molar-refractivity contribution in [2.75, 3.05) is 17.2 Å². The molecule has 0 fully saturated rings. The second-order valence-electron chi connectivity index (χ2n) is 7.02. The van der Waals surface area contributed by atoms with E-state index in [2.05, 4.69) is 20.6 Å². The number of halogens is 2. The monoisotopic (exact) mass is 479 g/mol. The van der Waals surface area contributed by atoms with Crippen LogP contribution in [0.25, 0.3) is 0 Å². The summed E-state index contributed by atoms with van der Waals surface area (Å²) in [7, 11) is 0. The fourth-order valence-corrected chi connectivity index (χ4v) is 3.03. The lowest BCUT2D eigenvalue weighted by Crippen LogP contribution is -2.36. The van der Waals surface area contributed by atoms with E-state index in [1.54, 1.807) is 31.2 Å².